The lowest BCUT2D eigenvalue weighted by Crippen LogP contribution is -1.97. The number of allylic oxidation sites excluding steroid dienone is 4. The van der Waals surface area contributed by atoms with Gasteiger partial charge >= 0.3 is 0 Å². The van der Waals surface area contributed by atoms with Crippen LogP contribution in [0.15, 0.2) is 54.9 Å². The first-order chi connectivity index (χ1) is 7.99. The number of aryl methyl sites for hydroxylation is 1. The van der Waals surface area contributed by atoms with Crippen molar-refractivity contribution >= 4 is 5.57 Å². The predicted octanol–water partition coefficient (Wildman–Crippen LogP) is 5.07. The van der Waals surface area contributed by atoms with E-state index in [4.69, 9.17) is 0 Å². The molecule has 1 aromatic rings. The average Bonchev–Trinajstić information content (AvgIpc) is 2.31. The van der Waals surface area contributed by atoms with Crippen molar-refractivity contribution in [3.05, 3.63) is 66.0 Å². The third kappa shape index (κ3) is 2.94. The lowest BCUT2D eigenvalue weighted by molar-refractivity contribution is 0.614. The van der Waals surface area contributed by atoms with Gasteiger partial charge in [-0.05, 0) is 29.5 Å². The smallest absolute Gasteiger partial charge is 0.133 e. The molecule has 90 valence electrons. The van der Waals surface area contributed by atoms with Crippen LogP contribution in [0, 0.1) is 12.8 Å². The number of hydrogen-bond acceptors (Lipinski definition) is 0. The Bertz CT molecular complexity index is 464. The van der Waals surface area contributed by atoms with E-state index in [1.165, 1.54) is 0 Å². The molecule has 17 heavy (non-hydrogen) atoms. The lowest BCUT2D eigenvalue weighted by Gasteiger charge is -2.12. The van der Waals surface area contributed by atoms with E-state index in [0.717, 1.165) is 11.1 Å². The Morgan fingerprint density at radius 2 is 1.88 bits per heavy atom. The van der Waals surface area contributed by atoms with Gasteiger partial charge < -0.3 is 0 Å². The molecule has 0 unspecified atom stereocenters. The molecule has 0 aromatic heterocycles. The van der Waals surface area contributed by atoms with Gasteiger partial charge in [-0.2, -0.15) is 0 Å². The second-order valence-electron chi connectivity index (χ2n) is 4.43. The molecule has 0 atom stereocenters. The zero-order valence-electron chi connectivity index (χ0n) is 10.8. The maximum atomic E-state index is 14.3. The minimum Gasteiger partial charge on any atom is -0.206 e. The second kappa shape index (κ2) is 5.62. The summed E-state index contributed by atoms with van der Waals surface area (Å²) >= 11 is 0. The average molecular weight is 230 g/mol. The van der Waals surface area contributed by atoms with Crippen molar-refractivity contribution in [1.82, 2.24) is 0 Å². The standard InChI is InChI=1S/C16H19F/c1-6-14(16(17)13(5)11(2)3)15-10-8-7-9-12(15)4/h6-11H,1,5H2,2-4H3/b16-14-. The van der Waals surface area contributed by atoms with Gasteiger partial charge in [0.05, 0.1) is 0 Å². The highest BCUT2D eigenvalue weighted by molar-refractivity contribution is 5.79. The Morgan fingerprint density at radius 3 is 2.35 bits per heavy atom. The Balaban J connectivity index is 3.33. The normalized spacial score (nSPS) is 12.3. The molecule has 1 rings (SSSR count). The van der Waals surface area contributed by atoms with Gasteiger partial charge in [0.15, 0.2) is 0 Å². The van der Waals surface area contributed by atoms with Gasteiger partial charge in [-0.1, -0.05) is 57.3 Å². The number of hydrogen-bond donors (Lipinski definition) is 0. The number of halogens is 1. The largest absolute Gasteiger partial charge is 0.206 e. The van der Waals surface area contributed by atoms with Crippen LogP contribution in [0.2, 0.25) is 0 Å². The van der Waals surface area contributed by atoms with E-state index in [0.29, 0.717) is 11.1 Å². The summed E-state index contributed by atoms with van der Waals surface area (Å²) in [7, 11) is 0. The first-order valence-corrected chi connectivity index (χ1v) is 5.76. The van der Waals surface area contributed by atoms with Crippen molar-refractivity contribution < 1.29 is 4.39 Å². The molecule has 1 aromatic carbocycles. The third-order valence-electron chi connectivity index (χ3n) is 2.85. The SMILES string of the molecule is C=C/C(=C(/F)C(=C)C(C)C)c1ccccc1C. The third-order valence-corrected chi connectivity index (χ3v) is 2.85. The summed E-state index contributed by atoms with van der Waals surface area (Å²) in [5.74, 6) is -0.168. The van der Waals surface area contributed by atoms with Crippen molar-refractivity contribution in [3.8, 4) is 0 Å². The van der Waals surface area contributed by atoms with Crippen molar-refractivity contribution in [1.29, 1.82) is 0 Å². The number of rotatable bonds is 4. The van der Waals surface area contributed by atoms with Gasteiger partial charge in [0.1, 0.15) is 5.83 Å². The van der Waals surface area contributed by atoms with Gasteiger partial charge in [0.2, 0.25) is 0 Å². The van der Waals surface area contributed by atoms with Gasteiger partial charge in [-0.3, -0.25) is 0 Å². The molecule has 0 saturated heterocycles. The molecule has 0 nitrogen and oxygen atoms in total. The summed E-state index contributed by atoms with van der Waals surface area (Å²) in [6.45, 7) is 13.3. The molecule has 0 amide bonds. The van der Waals surface area contributed by atoms with E-state index in [1.807, 2.05) is 45.0 Å². The Hall–Kier alpha value is -1.63. The Kier molecular flexibility index (Phi) is 4.45. The maximum Gasteiger partial charge on any atom is 0.133 e. The molecule has 0 saturated carbocycles. The fourth-order valence-electron chi connectivity index (χ4n) is 1.62. The molecule has 0 heterocycles. The molecule has 0 spiro atoms. The summed E-state index contributed by atoms with van der Waals surface area (Å²) < 4.78 is 14.3. The Morgan fingerprint density at radius 1 is 1.29 bits per heavy atom. The molecule has 0 N–H and O–H groups in total. The highest BCUT2D eigenvalue weighted by Gasteiger charge is 2.13. The summed E-state index contributed by atoms with van der Waals surface area (Å²) in [5, 5.41) is 0. The molecule has 0 radical (unpaired) electrons. The molecule has 0 aliphatic rings. The topological polar surface area (TPSA) is 0 Å². The molecule has 0 aliphatic heterocycles. The molecule has 0 aliphatic carbocycles. The molecule has 1 heteroatoms. The van der Waals surface area contributed by atoms with Crippen molar-refractivity contribution in [2.24, 2.45) is 5.92 Å². The molecular weight excluding hydrogens is 211 g/mol. The van der Waals surface area contributed by atoms with Gasteiger partial charge in [-0.15, -0.1) is 0 Å². The fourth-order valence-corrected chi connectivity index (χ4v) is 1.62. The quantitative estimate of drug-likeness (QED) is 0.633. The first kappa shape index (κ1) is 13.4. The van der Waals surface area contributed by atoms with E-state index < -0.39 is 0 Å². The van der Waals surface area contributed by atoms with Crippen molar-refractivity contribution in [2.45, 2.75) is 20.8 Å². The van der Waals surface area contributed by atoms with E-state index in [2.05, 4.69) is 13.2 Å². The van der Waals surface area contributed by atoms with Crippen LogP contribution in [0.5, 0.6) is 0 Å². The summed E-state index contributed by atoms with van der Waals surface area (Å²) in [5.41, 5.74) is 2.96. The van der Waals surface area contributed by atoms with Gasteiger partial charge in [-0.25, -0.2) is 4.39 Å². The second-order valence-corrected chi connectivity index (χ2v) is 4.43. The summed E-state index contributed by atoms with van der Waals surface area (Å²) in [6.07, 6.45) is 1.56. The van der Waals surface area contributed by atoms with Crippen LogP contribution >= 0.6 is 0 Å². The highest BCUT2D eigenvalue weighted by Crippen LogP contribution is 2.30. The molecule has 0 bridgehead atoms. The van der Waals surface area contributed by atoms with Crippen LogP contribution in [-0.4, -0.2) is 0 Å². The minimum absolute atomic E-state index is 0.0916. The first-order valence-electron chi connectivity index (χ1n) is 5.76. The molecular formula is C16H19F. The van der Waals surface area contributed by atoms with Crippen LogP contribution in [-0.2, 0) is 0 Å². The van der Waals surface area contributed by atoms with Crippen molar-refractivity contribution in [3.63, 3.8) is 0 Å². The fraction of sp³-hybridized carbons (Fsp3) is 0.250. The van der Waals surface area contributed by atoms with E-state index in [1.54, 1.807) is 6.08 Å². The monoisotopic (exact) mass is 230 g/mol. The van der Waals surface area contributed by atoms with Crippen molar-refractivity contribution in [2.75, 3.05) is 0 Å². The summed E-state index contributed by atoms with van der Waals surface area (Å²) in [4.78, 5) is 0. The summed E-state index contributed by atoms with van der Waals surface area (Å²) in [6, 6.07) is 7.70. The zero-order chi connectivity index (χ0) is 13.0. The van der Waals surface area contributed by atoms with E-state index in [-0.39, 0.29) is 11.7 Å². The highest BCUT2D eigenvalue weighted by atomic mass is 19.1. The maximum absolute atomic E-state index is 14.3. The van der Waals surface area contributed by atoms with E-state index >= 15 is 0 Å². The van der Waals surface area contributed by atoms with Gasteiger partial charge in [0, 0.05) is 5.57 Å². The predicted molar refractivity (Wildman–Crippen MR) is 73.4 cm³/mol. The van der Waals surface area contributed by atoms with Crippen LogP contribution in [0.25, 0.3) is 5.57 Å². The van der Waals surface area contributed by atoms with Crippen LogP contribution in [0.4, 0.5) is 4.39 Å². The number of benzene rings is 1. The van der Waals surface area contributed by atoms with Crippen LogP contribution < -0.4 is 0 Å². The van der Waals surface area contributed by atoms with Gasteiger partial charge in [0.25, 0.3) is 0 Å². The zero-order valence-corrected chi connectivity index (χ0v) is 10.8. The minimum atomic E-state index is -0.260. The Labute approximate surface area is 103 Å². The van der Waals surface area contributed by atoms with Crippen LogP contribution in [0.3, 0.4) is 0 Å². The lowest BCUT2D eigenvalue weighted by atomic mass is 9.94. The molecule has 0 fully saturated rings. The van der Waals surface area contributed by atoms with Crippen LogP contribution in [0.1, 0.15) is 25.0 Å². The van der Waals surface area contributed by atoms with E-state index in [9.17, 15) is 4.39 Å².